The van der Waals surface area contributed by atoms with Crippen LogP contribution in [0.4, 0.5) is 5.69 Å². The number of aromatic amines is 1. The topological polar surface area (TPSA) is 67.0 Å². The Kier molecular flexibility index (Phi) is 3.55. The van der Waals surface area contributed by atoms with E-state index >= 15 is 0 Å². The van der Waals surface area contributed by atoms with E-state index in [9.17, 15) is 4.79 Å². The molecule has 0 atom stereocenters. The second kappa shape index (κ2) is 5.66. The number of benzene rings is 2. The number of hydrogen-bond acceptors (Lipinski definition) is 3. The monoisotopic (exact) mass is 281 g/mol. The van der Waals surface area contributed by atoms with E-state index in [1.165, 1.54) is 0 Å². The third-order valence-electron chi connectivity index (χ3n) is 3.14. The Bertz CT molecular complexity index is 780. The Balaban J connectivity index is 1.85. The van der Waals surface area contributed by atoms with Gasteiger partial charge in [0.25, 0.3) is 5.91 Å². The van der Waals surface area contributed by atoms with Crippen LogP contribution in [0.5, 0.6) is 5.75 Å². The van der Waals surface area contributed by atoms with Crippen LogP contribution in [0.2, 0.25) is 0 Å². The molecule has 0 aliphatic heterocycles. The number of H-pyrrole nitrogens is 1. The number of nitrogens with zero attached hydrogens (tertiary/aromatic N) is 1. The number of rotatable bonds is 4. The zero-order chi connectivity index (χ0) is 14.7. The Hall–Kier alpha value is -2.82. The van der Waals surface area contributed by atoms with Gasteiger partial charge in [0.2, 0.25) is 0 Å². The van der Waals surface area contributed by atoms with Crippen molar-refractivity contribution >= 4 is 22.5 Å². The minimum Gasteiger partial charge on any atom is -0.492 e. The summed E-state index contributed by atoms with van der Waals surface area (Å²) in [6.07, 6.45) is 1.72. The van der Waals surface area contributed by atoms with Crippen molar-refractivity contribution in [2.45, 2.75) is 6.92 Å². The maximum absolute atomic E-state index is 12.3. The lowest BCUT2D eigenvalue weighted by Gasteiger charge is -2.11. The molecule has 0 aliphatic carbocycles. The highest BCUT2D eigenvalue weighted by Crippen LogP contribution is 2.24. The molecule has 2 aromatic carbocycles. The molecule has 0 saturated carbocycles. The van der Waals surface area contributed by atoms with Crippen molar-refractivity contribution in [3.05, 3.63) is 54.2 Å². The van der Waals surface area contributed by atoms with Crippen LogP contribution in [0.1, 0.15) is 17.3 Å². The number of fused-ring (bicyclic) bond motifs is 1. The first-order valence-corrected chi connectivity index (χ1v) is 6.74. The summed E-state index contributed by atoms with van der Waals surface area (Å²) in [6.45, 7) is 2.46. The fraction of sp³-hybridized carbons (Fsp3) is 0.125. The minimum absolute atomic E-state index is 0.182. The molecule has 1 heterocycles. The highest BCUT2D eigenvalue weighted by molar-refractivity contribution is 6.06. The first kappa shape index (κ1) is 13.2. The molecule has 0 saturated heterocycles. The van der Waals surface area contributed by atoms with Crippen molar-refractivity contribution in [2.24, 2.45) is 0 Å². The average Bonchev–Trinajstić information content (AvgIpc) is 2.97. The van der Waals surface area contributed by atoms with E-state index in [1.807, 2.05) is 37.3 Å². The normalized spacial score (nSPS) is 10.5. The number of aromatic nitrogens is 2. The van der Waals surface area contributed by atoms with E-state index in [2.05, 4.69) is 15.5 Å². The number of carbonyl (C=O) groups is 1. The van der Waals surface area contributed by atoms with Crippen molar-refractivity contribution in [1.82, 2.24) is 10.2 Å². The molecule has 3 rings (SSSR count). The van der Waals surface area contributed by atoms with Gasteiger partial charge < -0.3 is 10.1 Å². The second-order valence-corrected chi connectivity index (χ2v) is 4.56. The molecular weight excluding hydrogens is 266 g/mol. The van der Waals surface area contributed by atoms with Crippen LogP contribution in [-0.2, 0) is 0 Å². The Labute approximate surface area is 121 Å². The van der Waals surface area contributed by atoms with E-state index in [-0.39, 0.29) is 5.91 Å². The summed E-state index contributed by atoms with van der Waals surface area (Å²) in [6, 6.07) is 12.8. The summed E-state index contributed by atoms with van der Waals surface area (Å²) in [5, 5.41) is 10.6. The number of hydrogen-bond donors (Lipinski definition) is 2. The van der Waals surface area contributed by atoms with Gasteiger partial charge in [-0.1, -0.05) is 18.2 Å². The van der Waals surface area contributed by atoms with E-state index in [0.717, 1.165) is 10.9 Å². The predicted molar refractivity (Wildman–Crippen MR) is 81.7 cm³/mol. The number of carbonyl (C=O) groups excluding carboxylic acids is 1. The molecule has 0 spiro atoms. The molecule has 3 aromatic rings. The van der Waals surface area contributed by atoms with Crippen LogP contribution in [0, 0.1) is 0 Å². The maximum atomic E-state index is 12.3. The molecule has 1 amide bonds. The summed E-state index contributed by atoms with van der Waals surface area (Å²) in [5.74, 6) is 0.481. The van der Waals surface area contributed by atoms with Gasteiger partial charge in [0.05, 0.1) is 24.0 Å². The zero-order valence-electron chi connectivity index (χ0n) is 11.6. The summed E-state index contributed by atoms with van der Waals surface area (Å²) in [4.78, 5) is 12.3. The van der Waals surface area contributed by atoms with Crippen molar-refractivity contribution in [1.29, 1.82) is 0 Å². The fourth-order valence-corrected chi connectivity index (χ4v) is 2.12. The van der Waals surface area contributed by atoms with Crippen LogP contribution in [0.3, 0.4) is 0 Å². The molecule has 1 aromatic heterocycles. The summed E-state index contributed by atoms with van der Waals surface area (Å²) >= 11 is 0. The Morgan fingerprint density at radius 2 is 2.14 bits per heavy atom. The molecule has 0 unspecified atom stereocenters. The van der Waals surface area contributed by atoms with Crippen molar-refractivity contribution in [3.8, 4) is 5.75 Å². The van der Waals surface area contributed by atoms with E-state index in [1.54, 1.807) is 18.3 Å². The smallest absolute Gasteiger partial charge is 0.255 e. The van der Waals surface area contributed by atoms with E-state index < -0.39 is 0 Å². The van der Waals surface area contributed by atoms with Gasteiger partial charge in [0, 0.05) is 10.9 Å². The van der Waals surface area contributed by atoms with Gasteiger partial charge in [0.1, 0.15) is 5.75 Å². The number of anilines is 1. The first-order chi connectivity index (χ1) is 10.3. The van der Waals surface area contributed by atoms with E-state index in [0.29, 0.717) is 23.6 Å². The highest BCUT2D eigenvalue weighted by Gasteiger charge is 2.10. The average molecular weight is 281 g/mol. The van der Waals surface area contributed by atoms with Crippen LogP contribution in [-0.4, -0.2) is 22.7 Å². The van der Waals surface area contributed by atoms with Crippen molar-refractivity contribution < 1.29 is 9.53 Å². The van der Waals surface area contributed by atoms with Gasteiger partial charge in [-0.25, -0.2) is 0 Å². The van der Waals surface area contributed by atoms with Crippen molar-refractivity contribution in [2.75, 3.05) is 11.9 Å². The quantitative estimate of drug-likeness (QED) is 0.771. The molecule has 5 heteroatoms. The molecule has 2 N–H and O–H groups in total. The van der Waals surface area contributed by atoms with Crippen molar-refractivity contribution in [3.63, 3.8) is 0 Å². The van der Waals surface area contributed by atoms with Crippen LogP contribution in [0.25, 0.3) is 10.9 Å². The number of amides is 1. The van der Waals surface area contributed by atoms with Gasteiger partial charge in [-0.15, -0.1) is 0 Å². The number of nitrogens with one attached hydrogen (secondary N) is 2. The summed E-state index contributed by atoms with van der Waals surface area (Å²) in [5.41, 5.74) is 2.06. The first-order valence-electron chi connectivity index (χ1n) is 6.74. The molecule has 0 bridgehead atoms. The molecule has 21 heavy (non-hydrogen) atoms. The van der Waals surface area contributed by atoms with Crippen LogP contribution in [0.15, 0.2) is 48.7 Å². The molecule has 0 fully saturated rings. The predicted octanol–water partition coefficient (Wildman–Crippen LogP) is 3.21. The second-order valence-electron chi connectivity index (χ2n) is 4.56. The van der Waals surface area contributed by atoms with Gasteiger partial charge >= 0.3 is 0 Å². The molecule has 106 valence electrons. The zero-order valence-corrected chi connectivity index (χ0v) is 11.6. The summed E-state index contributed by atoms with van der Waals surface area (Å²) < 4.78 is 5.50. The lowest BCUT2D eigenvalue weighted by molar-refractivity contribution is 0.102. The fourth-order valence-electron chi connectivity index (χ4n) is 2.12. The Morgan fingerprint density at radius 1 is 1.29 bits per heavy atom. The third-order valence-corrected chi connectivity index (χ3v) is 3.14. The number of para-hydroxylation sites is 2. The highest BCUT2D eigenvalue weighted by atomic mass is 16.5. The molecule has 0 aliphatic rings. The van der Waals surface area contributed by atoms with Gasteiger partial charge in [-0.3, -0.25) is 9.89 Å². The molecule has 5 nitrogen and oxygen atoms in total. The minimum atomic E-state index is -0.182. The van der Waals surface area contributed by atoms with Gasteiger partial charge in [-0.05, 0) is 31.2 Å². The largest absolute Gasteiger partial charge is 0.492 e. The number of ether oxygens (including phenoxy) is 1. The summed E-state index contributed by atoms with van der Waals surface area (Å²) in [7, 11) is 0. The maximum Gasteiger partial charge on any atom is 0.255 e. The Morgan fingerprint density at radius 3 is 3.00 bits per heavy atom. The lowest BCUT2D eigenvalue weighted by Crippen LogP contribution is -2.12. The van der Waals surface area contributed by atoms with Gasteiger partial charge in [-0.2, -0.15) is 5.10 Å². The standard InChI is InChI=1S/C16H15N3O2/c1-2-21-15-6-4-3-5-13(15)18-16(20)11-7-8-12-10-17-19-14(12)9-11/h3-10H,2H2,1H3,(H,17,19)(H,18,20). The van der Waals surface area contributed by atoms with E-state index in [4.69, 9.17) is 4.74 Å². The van der Waals surface area contributed by atoms with Crippen LogP contribution >= 0.6 is 0 Å². The SMILES string of the molecule is CCOc1ccccc1NC(=O)c1ccc2cn[nH]c2c1. The molecular formula is C16H15N3O2. The van der Waals surface area contributed by atoms with Crippen LogP contribution < -0.4 is 10.1 Å². The molecule has 0 radical (unpaired) electrons. The lowest BCUT2D eigenvalue weighted by atomic mass is 10.1. The third kappa shape index (κ3) is 2.72. The van der Waals surface area contributed by atoms with Gasteiger partial charge in [0.15, 0.2) is 0 Å².